The first-order valence-electron chi connectivity index (χ1n) is 14.5. The summed E-state index contributed by atoms with van der Waals surface area (Å²) in [5.74, 6) is 0.849. The monoisotopic (exact) mass is 566 g/mol. The molecule has 0 spiro atoms. The molecular formula is C40H22O2S. The molecule has 43 heavy (non-hydrogen) atoms. The first-order chi connectivity index (χ1) is 21.3. The van der Waals surface area contributed by atoms with E-state index in [9.17, 15) is 0 Å². The molecule has 0 saturated carbocycles. The normalized spacial score (nSPS) is 12.2. The fourth-order valence-electron chi connectivity index (χ4n) is 6.99. The van der Waals surface area contributed by atoms with E-state index in [4.69, 9.17) is 8.83 Å². The second kappa shape index (κ2) is 8.57. The van der Waals surface area contributed by atoms with Gasteiger partial charge in [-0.1, -0.05) is 103 Å². The summed E-state index contributed by atoms with van der Waals surface area (Å²) in [5.41, 5.74) is 6.05. The van der Waals surface area contributed by atoms with Crippen LogP contribution in [-0.4, -0.2) is 0 Å². The number of benzene rings is 7. The zero-order chi connectivity index (χ0) is 28.1. The maximum atomic E-state index is 6.76. The third-order valence-electron chi connectivity index (χ3n) is 8.88. The van der Waals surface area contributed by atoms with Gasteiger partial charge >= 0.3 is 0 Å². The van der Waals surface area contributed by atoms with E-state index < -0.39 is 0 Å². The van der Waals surface area contributed by atoms with Crippen molar-refractivity contribution >= 4 is 86.0 Å². The Bertz CT molecular complexity index is 2680. The van der Waals surface area contributed by atoms with Gasteiger partial charge in [-0.15, -0.1) is 11.3 Å². The molecule has 0 N–H and O–H groups in total. The Morgan fingerprint density at radius 3 is 1.77 bits per heavy atom. The number of fused-ring (bicyclic) bond motifs is 10. The summed E-state index contributed by atoms with van der Waals surface area (Å²) in [4.78, 5) is 0. The molecule has 3 heterocycles. The van der Waals surface area contributed by atoms with Gasteiger partial charge in [-0.05, 0) is 63.0 Å². The third kappa shape index (κ3) is 3.23. The largest absolute Gasteiger partial charge is 0.452 e. The molecule has 0 saturated heterocycles. The van der Waals surface area contributed by atoms with Crippen LogP contribution in [0.5, 0.6) is 0 Å². The van der Waals surface area contributed by atoms with Crippen LogP contribution < -0.4 is 0 Å². The minimum absolute atomic E-state index is 0.788. The van der Waals surface area contributed by atoms with Crippen LogP contribution in [0.1, 0.15) is 0 Å². The lowest BCUT2D eigenvalue weighted by molar-refractivity contribution is 0.612. The van der Waals surface area contributed by atoms with Gasteiger partial charge in [0, 0.05) is 41.9 Å². The van der Waals surface area contributed by atoms with Gasteiger partial charge in [0.1, 0.15) is 11.3 Å². The number of hydrogen-bond donors (Lipinski definition) is 0. The van der Waals surface area contributed by atoms with Gasteiger partial charge in [0.05, 0.1) is 0 Å². The van der Waals surface area contributed by atoms with Crippen molar-refractivity contribution in [3.63, 3.8) is 0 Å². The van der Waals surface area contributed by atoms with Crippen molar-refractivity contribution in [3.05, 3.63) is 133 Å². The van der Waals surface area contributed by atoms with Crippen LogP contribution in [0.15, 0.2) is 142 Å². The van der Waals surface area contributed by atoms with Crippen molar-refractivity contribution in [2.24, 2.45) is 0 Å². The van der Waals surface area contributed by atoms with Crippen LogP contribution in [-0.2, 0) is 0 Å². The second-order valence-electron chi connectivity index (χ2n) is 11.2. The Morgan fingerprint density at radius 2 is 1.00 bits per heavy atom. The average molecular weight is 567 g/mol. The van der Waals surface area contributed by atoms with Crippen molar-refractivity contribution < 1.29 is 8.83 Å². The van der Waals surface area contributed by atoms with Crippen LogP contribution in [0.2, 0.25) is 0 Å². The highest BCUT2D eigenvalue weighted by molar-refractivity contribution is 7.25. The highest BCUT2D eigenvalue weighted by Gasteiger charge is 2.21. The molecule has 0 aliphatic carbocycles. The zero-order valence-electron chi connectivity index (χ0n) is 22.9. The van der Waals surface area contributed by atoms with Gasteiger partial charge in [-0.25, -0.2) is 0 Å². The quantitative estimate of drug-likeness (QED) is 0.195. The maximum absolute atomic E-state index is 6.76. The van der Waals surface area contributed by atoms with Gasteiger partial charge in [0.2, 0.25) is 0 Å². The second-order valence-corrected chi connectivity index (χ2v) is 12.3. The minimum atomic E-state index is 0.788. The summed E-state index contributed by atoms with van der Waals surface area (Å²) >= 11 is 1.86. The highest BCUT2D eigenvalue weighted by atomic mass is 32.1. The van der Waals surface area contributed by atoms with Gasteiger partial charge in [0.15, 0.2) is 11.2 Å². The van der Waals surface area contributed by atoms with Crippen molar-refractivity contribution in [2.45, 2.75) is 0 Å². The average Bonchev–Trinajstić information content (AvgIpc) is 3.76. The molecule has 200 valence electrons. The van der Waals surface area contributed by atoms with Crippen molar-refractivity contribution in [1.82, 2.24) is 0 Å². The molecule has 3 aromatic heterocycles. The van der Waals surface area contributed by atoms with Crippen LogP contribution in [0, 0.1) is 0 Å². The topological polar surface area (TPSA) is 26.3 Å². The molecule has 0 radical (unpaired) electrons. The van der Waals surface area contributed by atoms with E-state index in [0.717, 1.165) is 44.2 Å². The predicted octanol–water partition coefficient (Wildman–Crippen LogP) is 12.3. The summed E-state index contributed by atoms with van der Waals surface area (Å²) in [6.07, 6.45) is 0. The summed E-state index contributed by atoms with van der Waals surface area (Å²) in [6, 6.07) is 47.7. The molecule has 0 fully saturated rings. The van der Waals surface area contributed by atoms with Crippen LogP contribution >= 0.6 is 11.3 Å². The Labute approximate surface area is 250 Å². The fourth-order valence-corrected chi connectivity index (χ4v) is 8.13. The predicted molar refractivity (Wildman–Crippen MR) is 182 cm³/mol. The van der Waals surface area contributed by atoms with Gasteiger partial charge in [-0.2, -0.15) is 0 Å². The van der Waals surface area contributed by atoms with Crippen LogP contribution in [0.25, 0.3) is 97.1 Å². The Morgan fingerprint density at radius 1 is 0.395 bits per heavy atom. The molecule has 2 nitrogen and oxygen atoms in total. The number of furan rings is 2. The van der Waals surface area contributed by atoms with Crippen molar-refractivity contribution in [2.75, 3.05) is 0 Å². The molecule has 0 atom stereocenters. The molecule has 10 aromatic rings. The number of hydrogen-bond acceptors (Lipinski definition) is 3. The lowest BCUT2D eigenvalue weighted by Gasteiger charge is -2.16. The van der Waals surface area contributed by atoms with E-state index in [0.29, 0.717) is 0 Å². The molecule has 0 bridgehead atoms. The lowest BCUT2D eigenvalue weighted by Crippen LogP contribution is -1.89. The Hall–Kier alpha value is -5.38. The number of thiophene rings is 1. The first kappa shape index (κ1) is 23.2. The fraction of sp³-hybridized carbons (Fsp3) is 0. The Kier molecular flexibility index (Phi) is 4.63. The SMILES string of the molecule is c1ccc2c(c1)oc1c2ccc2cc(-c3c4ccccc4c(-c4ccc5c(c4)sc4ccccc45)c4ccccc34)oc21. The standard InChI is InChI=1S/C40H22O2S/c1-3-13-30-28(11-1)37(23-17-19-27-26-10-6-8-16-35(26)43-36(27)22-23)29-12-2-4-14-31(29)38(30)34-21-24-18-20-32-25-9-5-7-15-33(25)41-40(32)39(24)42-34/h1-22H. The van der Waals surface area contributed by atoms with Crippen molar-refractivity contribution in [3.8, 4) is 22.5 Å². The van der Waals surface area contributed by atoms with Crippen molar-refractivity contribution in [1.29, 1.82) is 0 Å². The summed E-state index contributed by atoms with van der Waals surface area (Å²) < 4.78 is 15.7. The van der Waals surface area contributed by atoms with Crippen LogP contribution in [0.3, 0.4) is 0 Å². The van der Waals surface area contributed by atoms with Gasteiger partial charge in [-0.3, -0.25) is 0 Å². The van der Waals surface area contributed by atoms with Crippen LogP contribution in [0.4, 0.5) is 0 Å². The Balaban J connectivity index is 1.27. The molecule has 10 rings (SSSR count). The number of para-hydroxylation sites is 1. The van der Waals surface area contributed by atoms with E-state index >= 15 is 0 Å². The smallest absolute Gasteiger partial charge is 0.178 e. The summed E-state index contributed by atoms with van der Waals surface area (Å²) in [5, 5.41) is 10.6. The lowest BCUT2D eigenvalue weighted by atomic mass is 9.87. The summed E-state index contributed by atoms with van der Waals surface area (Å²) in [6.45, 7) is 0. The van der Waals surface area contributed by atoms with E-state index in [1.54, 1.807) is 0 Å². The van der Waals surface area contributed by atoms with E-state index in [-0.39, 0.29) is 0 Å². The molecule has 0 unspecified atom stereocenters. The van der Waals surface area contributed by atoms with E-state index in [2.05, 4.69) is 115 Å². The first-order valence-corrected chi connectivity index (χ1v) is 15.3. The minimum Gasteiger partial charge on any atom is -0.452 e. The molecule has 3 heteroatoms. The molecular weight excluding hydrogens is 545 g/mol. The molecule has 0 aliphatic heterocycles. The van der Waals surface area contributed by atoms with E-state index in [1.807, 2.05) is 29.5 Å². The number of rotatable bonds is 2. The highest BCUT2D eigenvalue weighted by Crippen LogP contribution is 2.47. The maximum Gasteiger partial charge on any atom is 0.178 e. The summed E-state index contributed by atoms with van der Waals surface area (Å²) in [7, 11) is 0. The zero-order valence-corrected chi connectivity index (χ0v) is 23.7. The van der Waals surface area contributed by atoms with Gasteiger partial charge < -0.3 is 8.83 Å². The van der Waals surface area contributed by atoms with E-state index in [1.165, 1.54) is 52.8 Å². The molecule has 0 aliphatic rings. The molecule has 0 amide bonds. The third-order valence-corrected chi connectivity index (χ3v) is 10.0. The van der Waals surface area contributed by atoms with Gasteiger partial charge in [0.25, 0.3) is 0 Å². The molecule has 7 aromatic carbocycles.